The first-order valence-corrected chi connectivity index (χ1v) is 11.1. The molecule has 1 aliphatic heterocycles. The van der Waals surface area contributed by atoms with Crippen LogP contribution in [0.2, 0.25) is 0 Å². The Hall–Kier alpha value is -2.44. The van der Waals surface area contributed by atoms with E-state index in [-0.39, 0.29) is 0 Å². The molecule has 1 aliphatic rings. The van der Waals surface area contributed by atoms with Crippen molar-refractivity contribution in [2.75, 3.05) is 31.1 Å². The van der Waals surface area contributed by atoms with Crippen molar-refractivity contribution in [2.24, 2.45) is 0 Å². The number of benzene rings is 2. The third kappa shape index (κ3) is 3.50. The van der Waals surface area contributed by atoms with Gasteiger partial charge >= 0.3 is 0 Å². The maximum atomic E-state index is 13.2. The molecule has 3 aromatic rings. The van der Waals surface area contributed by atoms with Gasteiger partial charge in [0, 0.05) is 31.2 Å². The fraction of sp³-hybridized carbons (Fsp3) is 0.318. The average molecular weight is 396 g/mol. The molecule has 1 fully saturated rings. The maximum absolute atomic E-state index is 13.2. The van der Waals surface area contributed by atoms with Crippen molar-refractivity contribution in [3.63, 3.8) is 0 Å². The predicted molar refractivity (Wildman–Crippen MR) is 113 cm³/mol. The normalized spacial score (nSPS) is 15.6. The number of anilines is 1. The molecule has 0 bridgehead atoms. The number of aryl methyl sites for hydroxylation is 2. The molecule has 6 heteroatoms. The molecule has 0 amide bonds. The molecule has 0 spiro atoms. The first kappa shape index (κ1) is 18.9. The summed E-state index contributed by atoms with van der Waals surface area (Å²) in [4.78, 5) is 7.49. The Morgan fingerprint density at radius 3 is 2.54 bits per heavy atom. The molecule has 0 aliphatic carbocycles. The lowest BCUT2D eigenvalue weighted by Gasteiger charge is -2.22. The molecule has 0 unspecified atom stereocenters. The van der Waals surface area contributed by atoms with Crippen LogP contribution in [0.4, 0.5) is 5.82 Å². The van der Waals surface area contributed by atoms with Crippen LogP contribution in [0.1, 0.15) is 17.5 Å². The summed E-state index contributed by atoms with van der Waals surface area (Å²) in [5, 5.41) is 5.28. The van der Waals surface area contributed by atoms with Crippen LogP contribution >= 0.6 is 0 Å². The molecule has 146 valence electrons. The van der Waals surface area contributed by atoms with Gasteiger partial charge in [-0.2, -0.15) is 0 Å². The lowest BCUT2D eigenvalue weighted by atomic mass is 10.1. The van der Waals surface area contributed by atoms with Gasteiger partial charge in [0.1, 0.15) is 5.82 Å². The average Bonchev–Trinajstić information content (AvgIpc) is 2.98. The highest BCUT2D eigenvalue weighted by Gasteiger charge is 2.20. The molecule has 0 radical (unpaired) electrons. The molecule has 2 heterocycles. The summed E-state index contributed by atoms with van der Waals surface area (Å²) in [6.07, 6.45) is 2.84. The van der Waals surface area contributed by atoms with E-state index in [1.807, 2.05) is 32.0 Å². The van der Waals surface area contributed by atoms with Crippen LogP contribution in [0.15, 0.2) is 58.5 Å². The Morgan fingerprint density at radius 1 is 0.929 bits per heavy atom. The van der Waals surface area contributed by atoms with Gasteiger partial charge in [-0.05, 0) is 73.7 Å². The quantitative estimate of drug-likeness (QED) is 0.736. The second kappa shape index (κ2) is 7.53. The highest BCUT2D eigenvalue weighted by atomic mass is 32.2. The van der Waals surface area contributed by atoms with E-state index in [1.54, 1.807) is 30.5 Å². The molecule has 1 saturated heterocycles. The van der Waals surface area contributed by atoms with Crippen molar-refractivity contribution in [1.82, 2.24) is 10.3 Å². The van der Waals surface area contributed by atoms with Gasteiger partial charge in [0.05, 0.1) is 9.79 Å². The number of rotatable bonds is 3. The number of nitrogens with zero attached hydrogens (tertiary/aromatic N) is 2. The Balaban J connectivity index is 1.82. The standard InChI is InChI=1S/C22H25N3O2S/c1-16-4-6-19(14-17(16)2)28(26,27)20-7-5-18-8-10-24-22(21(18)15-20)25-12-3-9-23-11-13-25/h4-8,10,14-15,23H,3,9,11-13H2,1-2H3. The van der Waals surface area contributed by atoms with Gasteiger partial charge in [-0.3, -0.25) is 0 Å². The topological polar surface area (TPSA) is 62.3 Å². The van der Waals surface area contributed by atoms with Gasteiger partial charge in [-0.15, -0.1) is 0 Å². The minimum atomic E-state index is -3.58. The highest BCUT2D eigenvalue weighted by Crippen LogP contribution is 2.30. The van der Waals surface area contributed by atoms with Crippen LogP contribution in [0, 0.1) is 13.8 Å². The molecule has 0 saturated carbocycles. The summed E-state index contributed by atoms with van der Waals surface area (Å²) in [6, 6.07) is 12.6. The van der Waals surface area contributed by atoms with Crippen LogP contribution < -0.4 is 10.2 Å². The zero-order chi connectivity index (χ0) is 19.7. The number of hydrogen-bond acceptors (Lipinski definition) is 5. The van der Waals surface area contributed by atoms with Crippen molar-refractivity contribution in [2.45, 2.75) is 30.1 Å². The third-order valence-corrected chi connectivity index (χ3v) is 7.20. The van der Waals surface area contributed by atoms with Crippen molar-refractivity contribution in [3.05, 3.63) is 59.8 Å². The second-order valence-electron chi connectivity index (χ2n) is 7.36. The van der Waals surface area contributed by atoms with Gasteiger partial charge in [0.15, 0.2) is 0 Å². The lowest BCUT2D eigenvalue weighted by Crippen LogP contribution is -2.28. The Kier molecular flexibility index (Phi) is 5.08. The van der Waals surface area contributed by atoms with Crippen LogP contribution in [-0.4, -0.2) is 39.6 Å². The van der Waals surface area contributed by atoms with Gasteiger partial charge in [0.25, 0.3) is 0 Å². The van der Waals surface area contributed by atoms with Crippen LogP contribution in [-0.2, 0) is 9.84 Å². The zero-order valence-corrected chi connectivity index (χ0v) is 17.1. The zero-order valence-electron chi connectivity index (χ0n) is 16.3. The Labute approximate surface area is 166 Å². The van der Waals surface area contributed by atoms with E-state index in [1.165, 1.54) is 0 Å². The van der Waals surface area contributed by atoms with Gasteiger partial charge < -0.3 is 10.2 Å². The maximum Gasteiger partial charge on any atom is 0.206 e. The van der Waals surface area contributed by atoms with E-state index in [2.05, 4.69) is 15.2 Å². The summed E-state index contributed by atoms with van der Waals surface area (Å²) >= 11 is 0. The molecule has 28 heavy (non-hydrogen) atoms. The molecule has 1 N–H and O–H groups in total. The SMILES string of the molecule is Cc1ccc(S(=O)(=O)c2ccc3ccnc(N4CCCNCC4)c3c2)cc1C. The molecule has 0 atom stereocenters. The van der Waals surface area contributed by atoms with Gasteiger partial charge in [-0.1, -0.05) is 12.1 Å². The second-order valence-corrected chi connectivity index (χ2v) is 9.31. The van der Waals surface area contributed by atoms with Gasteiger partial charge in [-0.25, -0.2) is 13.4 Å². The highest BCUT2D eigenvalue weighted by molar-refractivity contribution is 7.91. The van der Waals surface area contributed by atoms with Crippen LogP contribution in [0.3, 0.4) is 0 Å². The minimum Gasteiger partial charge on any atom is -0.355 e. The van der Waals surface area contributed by atoms with Crippen molar-refractivity contribution < 1.29 is 8.42 Å². The van der Waals surface area contributed by atoms with E-state index in [9.17, 15) is 8.42 Å². The number of aromatic nitrogens is 1. The Morgan fingerprint density at radius 2 is 1.71 bits per heavy atom. The largest absolute Gasteiger partial charge is 0.355 e. The van der Waals surface area contributed by atoms with Crippen LogP contribution in [0.25, 0.3) is 10.8 Å². The van der Waals surface area contributed by atoms with Crippen LogP contribution in [0.5, 0.6) is 0 Å². The molecule has 2 aromatic carbocycles. The number of fused-ring (bicyclic) bond motifs is 1. The lowest BCUT2D eigenvalue weighted by molar-refractivity contribution is 0.596. The third-order valence-electron chi connectivity index (χ3n) is 5.46. The fourth-order valence-corrected chi connectivity index (χ4v) is 5.00. The number of sulfone groups is 1. The monoisotopic (exact) mass is 395 g/mol. The fourth-order valence-electron chi connectivity index (χ4n) is 3.63. The number of hydrogen-bond donors (Lipinski definition) is 1. The van der Waals surface area contributed by atoms with E-state index in [4.69, 9.17) is 0 Å². The summed E-state index contributed by atoms with van der Waals surface area (Å²) in [5.74, 6) is 0.860. The molecule has 4 rings (SSSR count). The van der Waals surface area contributed by atoms with E-state index < -0.39 is 9.84 Å². The number of pyridine rings is 1. The summed E-state index contributed by atoms with van der Waals surface area (Å²) < 4.78 is 26.5. The van der Waals surface area contributed by atoms with Crippen molar-refractivity contribution in [1.29, 1.82) is 0 Å². The molecule has 1 aromatic heterocycles. The summed E-state index contributed by atoms with van der Waals surface area (Å²) in [5.41, 5.74) is 2.06. The smallest absolute Gasteiger partial charge is 0.206 e. The molecular weight excluding hydrogens is 370 g/mol. The summed E-state index contributed by atoms with van der Waals surface area (Å²) in [7, 11) is -3.58. The number of nitrogens with one attached hydrogen (secondary N) is 1. The van der Waals surface area contributed by atoms with E-state index in [0.29, 0.717) is 9.79 Å². The Bertz CT molecular complexity index is 1120. The van der Waals surface area contributed by atoms with E-state index in [0.717, 1.165) is 60.3 Å². The predicted octanol–water partition coefficient (Wildman–Crippen LogP) is 3.48. The molecule has 5 nitrogen and oxygen atoms in total. The first-order valence-electron chi connectivity index (χ1n) is 9.63. The van der Waals surface area contributed by atoms with Gasteiger partial charge in [0.2, 0.25) is 9.84 Å². The first-order chi connectivity index (χ1) is 13.5. The molecular formula is C22H25N3O2S. The minimum absolute atomic E-state index is 0.311. The van der Waals surface area contributed by atoms with Crippen molar-refractivity contribution in [3.8, 4) is 0 Å². The van der Waals surface area contributed by atoms with E-state index >= 15 is 0 Å². The summed E-state index contributed by atoms with van der Waals surface area (Å²) in [6.45, 7) is 7.58. The van der Waals surface area contributed by atoms with Crippen molar-refractivity contribution >= 4 is 26.4 Å².